The summed E-state index contributed by atoms with van der Waals surface area (Å²) in [4.78, 5) is 16.0. The number of nitrogens with one attached hydrogen (secondary N) is 2. The molecule has 0 fully saturated rings. The van der Waals surface area contributed by atoms with Crippen molar-refractivity contribution in [1.29, 1.82) is 5.26 Å². The highest BCUT2D eigenvalue weighted by molar-refractivity contribution is 8.03. The summed E-state index contributed by atoms with van der Waals surface area (Å²) < 4.78 is 1.07. The van der Waals surface area contributed by atoms with E-state index in [1.165, 1.54) is 0 Å². The van der Waals surface area contributed by atoms with Gasteiger partial charge in [0, 0.05) is 10.6 Å². The molecule has 0 aliphatic carbocycles. The number of nitriles is 1. The van der Waals surface area contributed by atoms with Crippen LogP contribution in [0.1, 0.15) is 10.5 Å². The predicted molar refractivity (Wildman–Crippen MR) is 82.0 cm³/mol. The van der Waals surface area contributed by atoms with Gasteiger partial charge in [0.15, 0.2) is 0 Å². The van der Waals surface area contributed by atoms with E-state index in [-0.39, 0.29) is 5.91 Å². The molecule has 98 valence electrons. The second kappa shape index (κ2) is 5.41. The van der Waals surface area contributed by atoms with E-state index in [4.69, 9.17) is 5.26 Å². The third-order valence-corrected chi connectivity index (χ3v) is 4.22. The summed E-state index contributed by atoms with van der Waals surface area (Å²) in [6, 6.07) is 11.0. The highest BCUT2D eigenvalue weighted by atomic mass is 32.2. The number of thiocyanates is 1. The molecule has 4 nitrogen and oxygen atoms in total. The van der Waals surface area contributed by atoms with E-state index in [1.807, 2.05) is 22.9 Å². The number of thiophene rings is 1. The molecule has 0 aliphatic rings. The van der Waals surface area contributed by atoms with Gasteiger partial charge in [-0.1, -0.05) is 0 Å². The Kier molecular flexibility index (Phi) is 3.46. The molecule has 1 amide bonds. The molecule has 6 heteroatoms. The van der Waals surface area contributed by atoms with Gasteiger partial charge in [-0.25, -0.2) is 0 Å². The maximum atomic E-state index is 12.1. The number of hydrogen-bond donors (Lipinski definition) is 2. The lowest BCUT2D eigenvalue weighted by molar-refractivity contribution is 0.102. The lowest BCUT2D eigenvalue weighted by Gasteiger charge is -2.03. The molecule has 0 unspecified atom stereocenters. The quantitative estimate of drug-likeness (QED) is 0.566. The van der Waals surface area contributed by atoms with Crippen molar-refractivity contribution in [3.05, 3.63) is 47.5 Å². The molecule has 2 N–H and O–H groups in total. The first-order valence-corrected chi connectivity index (χ1v) is 7.49. The van der Waals surface area contributed by atoms with Crippen LogP contribution in [0, 0.1) is 10.7 Å². The van der Waals surface area contributed by atoms with Crippen LogP contribution in [0.3, 0.4) is 0 Å². The van der Waals surface area contributed by atoms with E-state index in [9.17, 15) is 4.79 Å². The van der Waals surface area contributed by atoms with Gasteiger partial charge in [0.1, 0.15) is 11.1 Å². The van der Waals surface area contributed by atoms with Crippen LogP contribution >= 0.6 is 23.1 Å². The van der Waals surface area contributed by atoms with Crippen LogP contribution in [0.2, 0.25) is 0 Å². The average molecular weight is 299 g/mol. The maximum Gasteiger partial charge on any atom is 0.272 e. The topological polar surface area (TPSA) is 68.7 Å². The van der Waals surface area contributed by atoms with E-state index in [1.54, 1.807) is 35.6 Å². The molecule has 3 aromatic rings. The van der Waals surface area contributed by atoms with E-state index in [2.05, 4.69) is 10.3 Å². The van der Waals surface area contributed by atoms with Crippen LogP contribution in [0.15, 0.2) is 46.7 Å². The van der Waals surface area contributed by atoms with Crippen LogP contribution in [0.25, 0.3) is 10.2 Å². The van der Waals surface area contributed by atoms with Gasteiger partial charge in [-0.2, -0.15) is 5.26 Å². The van der Waals surface area contributed by atoms with Crippen molar-refractivity contribution in [3.8, 4) is 5.40 Å². The van der Waals surface area contributed by atoms with Crippen molar-refractivity contribution in [2.45, 2.75) is 4.90 Å². The zero-order valence-electron chi connectivity index (χ0n) is 10.2. The summed E-state index contributed by atoms with van der Waals surface area (Å²) in [5.74, 6) is -0.172. The minimum Gasteiger partial charge on any atom is -0.350 e. The van der Waals surface area contributed by atoms with E-state index in [0.717, 1.165) is 26.9 Å². The Labute approximate surface area is 123 Å². The van der Waals surface area contributed by atoms with Crippen LogP contribution in [-0.2, 0) is 0 Å². The van der Waals surface area contributed by atoms with Gasteiger partial charge in [0.2, 0.25) is 0 Å². The van der Waals surface area contributed by atoms with Crippen LogP contribution in [-0.4, -0.2) is 10.9 Å². The summed E-state index contributed by atoms with van der Waals surface area (Å²) >= 11 is 2.69. The lowest BCUT2D eigenvalue weighted by atomic mass is 10.3. The molecule has 1 aromatic carbocycles. The van der Waals surface area contributed by atoms with Crippen molar-refractivity contribution in [1.82, 2.24) is 4.98 Å². The predicted octanol–water partition coefficient (Wildman–Crippen LogP) is 4.05. The minimum atomic E-state index is -0.172. The summed E-state index contributed by atoms with van der Waals surface area (Å²) in [6.45, 7) is 0. The summed E-state index contributed by atoms with van der Waals surface area (Å²) in [6.07, 6.45) is 0. The zero-order valence-corrected chi connectivity index (χ0v) is 11.8. The monoisotopic (exact) mass is 299 g/mol. The molecule has 0 saturated heterocycles. The lowest BCUT2D eigenvalue weighted by Crippen LogP contribution is -2.12. The number of thioether (sulfide) groups is 1. The van der Waals surface area contributed by atoms with Crippen LogP contribution < -0.4 is 5.32 Å². The van der Waals surface area contributed by atoms with Crippen molar-refractivity contribution < 1.29 is 4.79 Å². The highest BCUT2D eigenvalue weighted by Gasteiger charge is 2.10. The molecule has 0 atom stereocenters. The number of fused-ring (bicyclic) bond motifs is 1. The third-order valence-electron chi connectivity index (χ3n) is 2.76. The Bertz CT molecular complexity index is 767. The Balaban J connectivity index is 1.75. The molecule has 3 rings (SSSR count). The van der Waals surface area contributed by atoms with Gasteiger partial charge >= 0.3 is 0 Å². The van der Waals surface area contributed by atoms with Crippen molar-refractivity contribution in [2.75, 3.05) is 5.32 Å². The number of carbonyl (C=O) groups is 1. The number of hydrogen-bond acceptors (Lipinski definition) is 4. The van der Waals surface area contributed by atoms with Gasteiger partial charge in [-0.15, -0.1) is 11.3 Å². The normalized spacial score (nSPS) is 10.3. The Hall–Kier alpha value is -2.23. The van der Waals surface area contributed by atoms with E-state index >= 15 is 0 Å². The number of aromatic nitrogens is 1. The van der Waals surface area contributed by atoms with Crippen LogP contribution in [0.5, 0.6) is 0 Å². The Morgan fingerprint density at radius 3 is 2.80 bits per heavy atom. The first kappa shape index (κ1) is 12.8. The zero-order chi connectivity index (χ0) is 13.9. The second-order valence-electron chi connectivity index (χ2n) is 4.05. The van der Waals surface area contributed by atoms with Crippen molar-refractivity contribution in [2.24, 2.45) is 0 Å². The fourth-order valence-electron chi connectivity index (χ4n) is 1.83. The SMILES string of the molecule is N#CSc1ccc(NC(=O)c2cc3sccc3[nH]2)cc1. The smallest absolute Gasteiger partial charge is 0.272 e. The van der Waals surface area contributed by atoms with E-state index < -0.39 is 0 Å². The number of benzene rings is 1. The van der Waals surface area contributed by atoms with Gasteiger partial charge in [-0.05, 0) is 53.5 Å². The minimum absolute atomic E-state index is 0.172. The van der Waals surface area contributed by atoms with Gasteiger partial charge in [0.05, 0.1) is 10.2 Å². The van der Waals surface area contributed by atoms with Gasteiger partial charge < -0.3 is 10.3 Å². The first-order valence-electron chi connectivity index (χ1n) is 5.80. The largest absolute Gasteiger partial charge is 0.350 e. The van der Waals surface area contributed by atoms with Crippen LogP contribution in [0.4, 0.5) is 5.69 Å². The number of aromatic amines is 1. The summed E-state index contributed by atoms with van der Waals surface area (Å²) in [7, 11) is 0. The Morgan fingerprint density at radius 1 is 1.30 bits per heavy atom. The highest BCUT2D eigenvalue weighted by Crippen LogP contribution is 2.23. The second-order valence-corrected chi connectivity index (χ2v) is 5.86. The number of carbonyl (C=O) groups excluding carboxylic acids is 1. The molecule has 2 aromatic heterocycles. The Morgan fingerprint density at radius 2 is 2.10 bits per heavy atom. The molecule has 0 saturated carbocycles. The van der Waals surface area contributed by atoms with Crippen molar-refractivity contribution in [3.63, 3.8) is 0 Å². The number of H-pyrrole nitrogens is 1. The molecule has 0 bridgehead atoms. The fourth-order valence-corrected chi connectivity index (χ4v) is 2.99. The molecular weight excluding hydrogens is 290 g/mol. The summed E-state index contributed by atoms with van der Waals surface area (Å²) in [5, 5.41) is 15.4. The average Bonchev–Trinajstić information content (AvgIpc) is 3.02. The maximum absolute atomic E-state index is 12.1. The fraction of sp³-hybridized carbons (Fsp3) is 0. The van der Waals surface area contributed by atoms with E-state index in [0.29, 0.717) is 11.4 Å². The third kappa shape index (κ3) is 2.54. The molecule has 2 heterocycles. The molecule has 0 aliphatic heterocycles. The number of anilines is 1. The number of rotatable bonds is 3. The molecule has 0 radical (unpaired) electrons. The molecule has 20 heavy (non-hydrogen) atoms. The standard InChI is InChI=1S/C14H9N3OS2/c15-8-20-10-3-1-9(2-4-10)16-14(18)12-7-13-11(17-12)5-6-19-13/h1-7,17H,(H,16,18). The first-order chi connectivity index (χ1) is 9.76. The molecule has 0 spiro atoms. The summed E-state index contributed by atoms with van der Waals surface area (Å²) in [5.41, 5.74) is 2.22. The number of nitrogens with zero attached hydrogens (tertiary/aromatic N) is 1. The van der Waals surface area contributed by atoms with Gasteiger partial charge in [-0.3, -0.25) is 4.79 Å². The van der Waals surface area contributed by atoms with Gasteiger partial charge in [0.25, 0.3) is 5.91 Å². The van der Waals surface area contributed by atoms with Crippen molar-refractivity contribution >= 4 is 44.9 Å². The molecular formula is C14H9N3OS2. The number of amides is 1.